The van der Waals surface area contributed by atoms with Gasteiger partial charge in [0.15, 0.2) is 0 Å². The molecular formula is C15H16N4S. The molecule has 0 aliphatic carbocycles. The molecule has 3 N–H and O–H groups in total. The maximum absolute atomic E-state index is 5.79. The van der Waals surface area contributed by atoms with Gasteiger partial charge in [-0.2, -0.15) is 5.10 Å². The second-order valence-electron chi connectivity index (χ2n) is 4.57. The third kappa shape index (κ3) is 2.27. The van der Waals surface area contributed by atoms with Crippen LogP contribution in [0.3, 0.4) is 0 Å². The second-order valence-corrected chi connectivity index (χ2v) is 5.52. The van der Waals surface area contributed by atoms with Crippen molar-refractivity contribution in [3.8, 4) is 5.69 Å². The zero-order valence-corrected chi connectivity index (χ0v) is 12.0. The lowest BCUT2D eigenvalue weighted by Crippen LogP contribution is -2.30. The number of thiophene rings is 1. The zero-order valence-electron chi connectivity index (χ0n) is 11.2. The lowest BCUT2D eigenvalue weighted by Gasteiger charge is -2.17. The van der Waals surface area contributed by atoms with E-state index in [2.05, 4.69) is 28.9 Å². The van der Waals surface area contributed by atoms with Crippen LogP contribution >= 0.6 is 11.3 Å². The molecule has 0 spiro atoms. The Balaban J connectivity index is 2.07. The van der Waals surface area contributed by atoms with Crippen LogP contribution in [0.25, 0.3) is 5.69 Å². The number of nitrogens with one attached hydrogen (secondary N) is 1. The van der Waals surface area contributed by atoms with E-state index in [-0.39, 0.29) is 6.04 Å². The van der Waals surface area contributed by atoms with Crippen molar-refractivity contribution >= 4 is 11.3 Å². The van der Waals surface area contributed by atoms with Gasteiger partial charge in [-0.25, -0.2) is 10.1 Å². The van der Waals surface area contributed by atoms with E-state index < -0.39 is 0 Å². The van der Waals surface area contributed by atoms with E-state index in [0.717, 1.165) is 11.4 Å². The van der Waals surface area contributed by atoms with E-state index in [1.165, 1.54) is 10.4 Å². The molecule has 0 aliphatic rings. The Morgan fingerprint density at radius 1 is 1.20 bits per heavy atom. The van der Waals surface area contributed by atoms with Crippen molar-refractivity contribution in [3.63, 3.8) is 0 Å². The summed E-state index contributed by atoms with van der Waals surface area (Å²) in [4.78, 5) is 1.21. The summed E-state index contributed by atoms with van der Waals surface area (Å²) in [6, 6.07) is 14.1. The molecule has 1 unspecified atom stereocenters. The molecule has 3 aromatic rings. The molecule has 0 bridgehead atoms. The molecule has 2 heterocycles. The summed E-state index contributed by atoms with van der Waals surface area (Å²) < 4.78 is 1.92. The first-order chi connectivity index (χ1) is 9.81. The van der Waals surface area contributed by atoms with Gasteiger partial charge in [0, 0.05) is 11.1 Å². The molecule has 0 amide bonds. The van der Waals surface area contributed by atoms with Crippen molar-refractivity contribution in [3.05, 3.63) is 70.2 Å². The number of benzene rings is 1. The van der Waals surface area contributed by atoms with Gasteiger partial charge >= 0.3 is 0 Å². The molecule has 0 radical (unpaired) electrons. The van der Waals surface area contributed by atoms with Crippen LogP contribution in [0.4, 0.5) is 0 Å². The minimum atomic E-state index is -0.0577. The summed E-state index contributed by atoms with van der Waals surface area (Å²) in [7, 11) is 0. The van der Waals surface area contributed by atoms with Crippen LogP contribution in [0, 0.1) is 6.92 Å². The van der Waals surface area contributed by atoms with Gasteiger partial charge in [-0.3, -0.25) is 5.84 Å². The highest BCUT2D eigenvalue weighted by atomic mass is 32.1. The number of hydrogen-bond acceptors (Lipinski definition) is 4. The van der Waals surface area contributed by atoms with E-state index in [1.807, 2.05) is 41.1 Å². The minimum absolute atomic E-state index is 0.0577. The highest BCUT2D eigenvalue weighted by Crippen LogP contribution is 2.29. The van der Waals surface area contributed by atoms with E-state index in [1.54, 1.807) is 17.5 Å². The third-order valence-electron chi connectivity index (χ3n) is 3.30. The van der Waals surface area contributed by atoms with Crippen molar-refractivity contribution in [2.75, 3.05) is 0 Å². The predicted octanol–water partition coefficient (Wildman–Crippen LogP) is 2.79. The molecule has 4 nitrogen and oxygen atoms in total. The van der Waals surface area contributed by atoms with Crippen LogP contribution in [0.15, 0.2) is 54.0 Å². The fourth-order valence-electron chi connectivity index (χ4n) is 2.29. The molecule has 0 saturated heterocycles. The standard InChI is InChI=1S/C15H16N4S/c1-11-8-10-20-15(11)14(18-16)13-7-9-17-19(13)12-5-3-2-4-6-12/h2-10,14,18H,16H2,1H3. The first-order valence-electron chi connectivity index (χ1n) is 6.40. The van der Waals surface area contributed by atoms with Gasteiger partial charge in [-0.05, 0) is 42.1 Å². The molecule has 3 rings (SSSR count). The Labute approximate surface area is 121 Å². The van der Waals surface area contributed by atoms with Crippen LogP contribution in [0.2, 0.25) is 0 Å². The summed E-state index contributed by atoms with van der Waals surface area (Å²) in [5.41, 5.74) is 6.20. The summed E-state index contributed by atoms with van der Waals surface area (Å²) in [6.07, 6.45) is 1.80. The fourth-order valence-corrected chi connectivity index (χ4v) is 3.29. The lowest BCUT2D eigenvalue weighted by molar-refractivity contribution is 0.603. The Hall–Kier alpha value is -1.95. The molecule has 5 heteroatoms. The summed E-state index contributed by atoms with van der Waals surface area (Å²) in [5, 5.41) is 6.50. The highest BCUT2D eigenvalue weighted by Gasteiger charge is 2.20. The van der Waals surface area contributed by atoms with E-state index in [4.69, 9.17) is 5.84 Å². The number of nitrogens with zero attached hydrogens (tertiary/aromatic N) is 2. The normalized spacial score (nSPS) is 12.5. The van der Waals surface area contributed by atoms with Crippen LogP contribution < -0.4 is 11.3 Å². The Morgan fingerprint density at radius 3 is 2.65 bits per heavy atom. The minimum Gasteiger partial charge on any atom is -0.270 e. The van der Waals surface area contributed by atoms with Crippen molar-refractivity contribution in [2.24, 2.45) is 5.84 Å². The number of rotatable bonds is 4. The van der Waals surface area contributed by atoms with Gasteiger partial charge in [0.1, 0.15) is 0 Å². The summed E-state index contributed by atoms with van der Waals surface area (Å²) >= 11 is 1.70. The maximum atomic E-state index is 5.79. The summed E-state index contributed by atoms with van der Waals surface area (Å²) in [5.74, 6) is 5.79. The van der Waals surface area contributed by atoms with E-state index in [0.29, 0.717) is 0 Å². The largest absolute Gasteiger partial charge is 0.270 e. The monoisotopic (exact) mass is 284 g/mol. The van der Waals surface area contributed by atoms with Gasteiger partial charge in [0.05, 0.1) is 17.4 Å². The molecule has 2 aromatic heterocycles. The van der Waals surface area contributed by atoms with Crippen LogP contribution in [0.1, 0.15) is 22.2 Å². The number of aromatic nitrogens is 2. The van der Waals surface area contributed by atoms with Crippen molar-refractivity contribution in [2.45, 2.75) is 13.0 Å². The molecule has 0 aliphatic heterocycles. The Morgan fingerprint density at radius 2 is 2.00 bits per heavy atom. The molecule has 1 aromatic carbocycles. The first-order valence-corrected chi connectivity index (χ1v) is 7.28. The Bertz CT molecular complexity index is 687. The average Bonchev–Trinajstić information content (AvgIpc) is 3.11. The first kappa shape index (κ1) is 13.1. The molecule has 0 fully saturated rings. The summed E-state index contributed by atoms with van der Waals surface area (Å²) in [6.45, 7) is 2.10. The number of nitrogens with two attached hydrogens (primary N) is 1. The van der Waals surface area contributed by atoms with Crippen molar-refractivity contribution in [1.29, 1.82) is 0 Å². The molecule has 20 heavy (non-hydrogen) atoms. The van der Waals surface area contributed by atoms with Crippen LogP contribution in [0.5, 0.6) is 0 Å². The van der Waals surface area contributed by atoms with Gasteiger partial charge in [-0.15, -0.1) is 11.3 Å². The van der Waals surface area contributed by atoms with E-state index in [9.17, 15) is 0 Å². The zero-order chi connectivity index (χ0) is 13.9. The second kappa shape index (κ2) is 5.58. The van der Waals surface area contributed by atoms with Gasteiger partial charge < -0.3 is 0 Å². The van der Waals surface area contributed by atoms with Crippen molar-refractivity contribution in [1.82, 2.24) is 15.2 Å². The van der Waals surface area contributed by atoms with Gasteiger partial charge in [0.25, 0.3) is 0 Å². The van der Waals surface area contributed by atoms with Crippen molar-refractivity contribution < 1.29 is 0 Å². The number of hydrazine groups is 1. The number of para-hydroxylation sites is 1. The molecule has 102 valence electrons. The van der Waals surface area contributed by atoms with Crippen LogP contribution in [-0.4, -0.2) is 9.78 Å². The lowest BCUT2D eigenvalue weighted by atomic mass is 10.1. The molecule has 0 saturated carbocycles. The number of aryl methyl sites for hydroxylation is 1. The SMILES string of the molecule is Cc1ccsc1C(NN)c1ccnn1-c1ccccc1. The molecule has 1 atom stereocenters. The molecular weight excluding hydrogens is 268 g/mol. The quantitative estimate of drug-likeness (QED) is 0.572. The number of hydrogen-bond donors (Lipinski definition) is 2. The van der Waals surface area contributed by atoms with Gasteiger partial charge in [-0.1, -0.05) is 18.2 Å². The smallest absolute Gasteiger partial charge is 0.0977 e. The van der Waals surface area contributed by atoms with E-state index >= 15 is 0 Å². The predicted molar refractivity (Wildman–Crippen MR) is 81.8 cm³/mol. The van der Waals surface area contributed by atoms with Gasteiger partial charge in [0.2, 0.25) is 0 Å². The fraction of sp³-hybridized carbons (Fsp3) is 0.133. The highest BCUT2D eigenvalue weighted by molar-refractivity contribution is 7.10. The Kier molecular flexibility index (Phi) is 3.64. The van der Waals surface area contributed by atoms with Crippen LogP contribution in [-0.2, 0) is 0 Å². The average molecular weight is 284 g/mol. The maximum Gasteiger partial charge on any atom is 0.0977 e. The third-order valence-corrected chi connectivity index (χ3v) is 4.38. The topological polar surface area (TPSA) is 55.9 Å².